The molecule has 124 valence electrons. The van der Waals surface area contributed by atoms with E-state index in [0.29, 0.717) is 6.54 Å². The van der Waals surface area contributed by atoms with Gasteiger partial charge in [0.25, 0.3) is 5.56 Å². The third-order valence-electron chi connectivity index (χ3n) is 3.90. The van der Waals surface area contributed by atoms with E-state index in [4.69, 9.17) is 0 Å². The predicted molar refractivity (Wildman–Crippen MR) is 98.2 cm³/mol. The van der Waals surface area contributed by atoms with Crippen LogP contribution in [0.1, 0.15) is 18.4 Å². The molecule has 1 aromatic carbocycles. The minimum absolute atomic E-state index is 0.0157. The average Bonchev–Trinajstić information content (AvgIpc) is 2.62. The molecule has 2 aromatic heterocycles. The fourth-order valence-corrected chi connectivity index (χ4v) is 2.61. The normalized spacial score (nSPS) is 10.8. The summed E-state index contributed by atoms with van der Waals surface area (Å²) in [5, 5.41) is 7.69. The summed E-state index contributed by atoms with van der Waals surface area (Å²) in [4.78, 5) is 19.2. The predicted octanol–water partition coefficient (Wildman–Crippen LogP) is 2.91. The topological polar surface area (TPSA) is 69.8 Å². The van der Waals surface area contributed by atoms with Crippen LogP contribution in [-0.2, 0) is 6.54 Å². The Morgan fingerprint density at radius 3 is 2.71 bits per heavy atom. The number of para-hydroxylation sites is 1. The van der Waals surface area contributed by atoms with Gasteiger partial charge >= 0.3 is 0 Å². The minimum atomic E-state index is -0.0157. The second kappa shape index (κ2) is 8.26. The van der Waals surface area contributed by atoms with E-state index < -0.39 is 0 Å². The lowest BCUT2D eigenvalue weighted by atomic mass is 10.1. The highest BCUT2D eigenvalue weighted by Gasteiger charge is 2.02. The molecule has 5 heteroatoms. The number of nitrogens with zero attached hydrogens (tertiary/aromatic N) is 1. The number of fused-ring (bicyclic) bond motifs is 1. The Hall–Kier alpha value is -2.66. The standard InChI is InChI=1S/C19H22N4O/c24-19-16(13-15-7-1-2-8-17(15)23-19)14-20-10-5-6-12-22-18-9-3-4-11-21-18/h1-4,7-9,11,13,20H,5-6,10,12,14H2,(H,21,22)(H,23,24). The van der Waals surface area contributed by atoms with E-state index in [0.717, 1.165) is 48.2 Å². The van der Waals surface area contributed by atoms with Gasteiger partial charge < -0.3 is 15.6 Å². The maximum atomic E-state index is 12.0. The number of unbranched alkanes of at least 4 members (excludes halogenated alkanes) is 1. The Balaban J connectivity index is 1.39. The lowest BCUT2D eigenvalue weighted by Gasteiger charge is -2.07. The Kier molecular flexibility index (Phi) is 5.58. The number of aromatic nitrogens is 2. The first-order chi connectivity index (χ1) is 11.8. The number of hydrogen-bond donors (Lipinski definition) is 3. The second-order valence-corrected chi connectivity index (χ2v) is 5.74. The molecule has 24 heavy (non-hydrogen) atoms. The number of benzene rings is 1. The summed E-state index contributed by atoms with van der Waals surface area (Å²) in [5.74, 6) is 0.910. The number of rotatable bonds is 8. The fraction of sp³-hybridized carbons (Fsp3) is 0.263. The molecule has 0 fully saturated rings. The number of H-pyrrole nitrogens is 1. The summed E-state index contributed by atoms with van der Waals surface area (Å²) >= 11 is 0. The van der Waals surface area contributed by atoms with Crippen LogP contribution in [0.4, 0.5) is 5.82 Å². The molecule has 3 N–H and O–H groups in total. The van der Waals surface area contributed by atoms with Gasteiger partial charge in [-0.05, 0) is 49.0 Å². The van der Waals surface area contributed by atoms with Gasteiger partial charge in [-0.2, -0.15) is 0 Å². The number of anilines is 1. The SMILES string of the molecule is O=c1[nH]c2ccccc2cc1CNCCCCNc1ccccn1. The molecule has 3 rings (SSSR count). The monoisotopic (exact) mass is 322 g/mol. The quantitative estimate of drug-likeness (QED) is 0.558. The van der Waals surface area contributed by atoms with Crippen molar-refractivity contribution in [3.05, 3.63) is 70.6 Å². The van der Waals surface area contributed by atoms with Crippen molar-refractivity contribution in [1.82, 2.24) is 15.3 Å². The molecular formula is C19H22N4O. The minimum Gasteiger partial charge on any atom is -0.370 e. The van der Waals surface area contributed by atoms with Crippen molar-refractivity contribution in [1.29, 1.82) is 0 Å². The van der Waals surface area contributed by atoms with Crippen molar-refractivity contribution in [2.45, 2.75) is 19.4 Å². The molecule has 0 bridgehead atoms. The smallest absolute Gasteiger partial charge is 0.252 e. The summed E-state index contributed by atoms with van der Waals surface area (Å²) in [6, 6.07) is 15.6. The Bertz CT molecular complexity index is 829. The van der Waals surface area contributed by atoms with Gasteiger partial charge in [-0.25, -0.2) is 4.98 Å². The van der Waals surface area contributed by atoms with E-state index in [9.17, 15) is 4.79 Å². The molecule has 0 spiro atoms. The first kappa shape index (κ1) is 16.2. The van der Waals surface area contributed by atoms with Crippen LogP contribution in [0.2, 0.25) is 0 Å². The Labute approximate surface area is 141 Å². The zero-order chi connectivity index (χ0) is 16.6. The van der Waals surface area contributed by atoms with Crippen LogP contribution in [0.3, 0.4) is 0 Å². The van der Waals surface area contributed by atoms with Crippen LogP contribution >= 0.6 is 0 Å². The molecule has 0 radical (unpaired) electrons. The molecule has 0 aliphatic heterocycles. The van der Waals surface area contributed by atoms with Crippen molar-refractivity contribution in [3.63, 3.8) is 0 Å². The maximum Gasteiger partial charge on any atom is 0.252 e. The van der Waals surface area contributed by atoms with Crippen molar-refractivity contribution in [2.24, 2.45) is 0 Å². The first-order valence-electron chi connectivity index (χ1n) is 8.29. The summed E-state index contributed by atoms with van der Waals surface area (Å²) in [5.41, 5.74) is 1.64. The molecule has 0 unspecified atom stereocenters. The average molecular weight is 322 g/mol. The molecular weight excluding hydrogens is 300 g/mol. The van der Waals surface area contributed by atoms with E-state index >= 15 is 0 Å². The van der Waals surface area contributed by atoms with Gasteiger partial charge in [0.05, 0.1) is 0 Å². The number of nitrogens with one attached hydrogen (secondary N) is 3. The van der Waals surface area contributed by atoms with Gasteiger partial charge in [0.15, 0.2) is 0 Å². The lowest BCUT2D eigenvalue weighted by molar-refractivity contribution is 0.630. The zero-order valence-corrected chi connectivity index (χ0v) is 13.6. The molecule has 0 saturated heterocycles. The third-order valence-corrected chi connectivity index (χ3v) is 3.90. The highest BCUT2D eigenvalue weighted by molar-refractivity contribution is 5.78. The summed E-state index contributed by atoms with van der Waals surface area (Å²) < 4.78 is 0. The van der Waals surface area contributed by atoms with Crippen LogP contribution in [0.25, 0.3) is 10.9 Å². The van der Waals surface area contributed by atoms with Crippen LogP contribution < -0.4 is 16.2 Å². The number of aromatic amines is 1. The molecule has 0 saturated carbocycles. The number of hydrogen-bond acceptors (Lipinski definition) is 4. The van der Waals surface area contributed by atoms with Gasteiger partial charge in [0.2, 0.25) is 0 Å². The van der Waals surface area contributed by atoms with Crippen molar-refractivity contribution < 1.29 is 0 Å². The molecule has 3 aromatic rings. The van der Waals surface area contributed by atoms with Crippen molar-refractivity contribution in [3.8, 4) is 0 Å². The zero-order valence-electron chi connectivity index (χ0n) is 13.6. The Morgan fingerprint density at radius 2 is 1.83 bits per heavy atom. The maximum absolute atomic E-state index is 12.0. The molecule has 0 atom stereocenters. The van der Waals surface area contributed by atoms with Gasteiger partial charge in [-0.3, -0.25) is 4.79 Å². The van der Waals surface area contributed by atoms with E-state index in [-0.39, 0.29) is 5.56 Å². The van der Waals surface area contributed by atoms with Gasteiger partial charge in [-0.15, -0.1) is 0 Å². The summed E-state index contributed by atoms with van der Waals surface area (Å²) in [6.45, 7) is 2.37. The van der Waals surface area contributed by atoms with E-state index in [1.807, 2.05) is 48.5 Å². The second-order valence-electron chi connectivity index (χ2n) is 5.74. The molecule has 5 nitrogen and oxygen atoms in total. The molecule has 0 aliphatic carbocycles. The highest BCUT2D eigenvalue weighted by Crippen LogP contribution is 2.09. The van der Waals surface area contributed by atoms with E-state index in [1.165, 1.54) is 0 Å². The first-order valence-corrected chi connectivity index (χ1v) is 8.29. The summed E-state index contributed by atoms with van der Waals surface area (Å²) in [6.07, 6.45) is 3.88. The number of pyridine rings is 2. The Morgan fingerprint density at radius 1 is 1.00 bits per heavy atom. The molecule has 0 aliphatic rings. The van der Waals surface area contributed by atoms with Crippen LogP contribution in [0, 0.1) is 0 Å². The van der Waals surface area contributed by atoms with Crippen LogP contribution in [0.15, 0.2) is 59.5 Å². The van der Waals surface area contributed by atoms with Gasteiger partial charge in [0, 0.05) is 30.4 Å². The molecule has 2 heterocycles. The van der Waals surface area contributed by atoms with Gasteiger partial charge in [0.1, 0.15) is 5.82 Å². The van der Waals surface area contributed by atoms with Crippen LogP contribution in [0.5, 0.6) is 0 Å². The van der Waals surface area contributed by atoms with Crippen LogP contribution in [-0.4, -0.2) is 23.1 Å². The third kappa shape index (κ3) is 4.43. The highest BCUT2D eigenvalue weighted by atomic mass is 16.1. The van der Waals surface area contributed by atoms with Gasteiger partial charge in [-0.1, -0.05) is 24.3 Å². The largest absolute Gasteiger partial charge is 0.370 e. The van der Waals surface area contributed by atoms with E-state index in [1.54, 1.807) is 6.20 Å². The fourth-order valence-electron chi connectivity index (χ4n) is 2.61. The van der Waals surface area contributed by atoms with Crippen molar-refractivity contribution >= 4 is 16.7 Å². The molecule has 0 amide bonds. The van der Waals surface area contributed by atoms with E-state index in [2.05, 4.69) is 20.6 Å². The van der Waals surface area contributed by atoms with Crippen molar-refractivity contribution in [2.75, 3.05) is 18.4 Å². The lowest BCUT2D eigenvalue weighted by Crippen LogP contribution is -2.22. The summed E-state index contributed by atoms with van der Waals surface area (Å²) in [7, 11) is 0.